The molecule has 2 N–H and O–H groups in total. The minimum Gasteiger partial charge on any atom is -0.378 e. The molecule has 0 aromatic heterocycles. The molecular formula is C14H26N4O2S. The van der Waals surface area contributed by atoms with Crippen LogP contribution < -0.4 is 14.9 Å². The van der Waals surface area contributed by atoms with Crippen LogP contribution in [-0.4, -0.2) is 53.5 Å². The number of rotatable bonds is 9. The second kappa shape index (κ2) is 8.21. The number of hydrogen-bond donors (Lipinski definition) is 2. The van der Waals surface area contributed by atoms with E-state index in [0.717, 1.165) is 25.2 Å². The lowest BCUT2D eigenvalue weighted by Gasteiger charge is -2.19. The van der Waals surface area contributed by atoms with Crippen LogP contribution in [0.2, 0.25) is 0 Å². The van der Waals surface area contributed by atoms with Crippen molar-refractivity contribution in [3.63, 3.8) is 0 Å². The summed E-state index contributed by atoms with van der Waals surface area (Å²) in [4.78, 5) is 1.93. The zero-order valence-electron chi connectivity index (χ0n) is 13.3. The monoisotopic (exact) mass is 314 g/mol. The minimum atomic E-state index is -3.51. The van der Waals surface area contributed by atoms with Crippen molar-refractivity contribution >= 4 is 21.6 Å². The molecule has 0 aliphatic carbocycles. The minimum absolute atomic E-state index is 0.482. The number of benzene rings is 1. The van der Waals surface area contributed by atoms with Crippen molar-refractivity contribution in [2.24, 2.45) is 0 Å². The SMILES string of the molecule is CCNCCCN(C)S(=O)(=O)Nc1cccc(N(C)C)c1. The molecule has 0 saturated carbocycles. The fourth-order valence-corrected chi connectivity index (χ4v) is 2.75. The van der Waals surface area contributed by atoms with Gasteiger partial charge in [0.25, 0.3) is 0 Å². The van der Waals surface area contributed by atoms with Gasteiger partial charge in [0.15, 0.2) is 0 Å². The van der Waals surface area contributed by atoms with Crippen molar-refractivity contribution in [1.29, 1.82) is 0 Å². The second-order valence-corrected chi connectivity index (χ2v) is 6.86. The summed E-state index contributed by atoms with van der Waals surface area (Å²) in [6.07, 6.45) is 0.781. The van der Waals surface area contributed by atoms with Gasteiger partial charge in [-0.25, -0.2) is 0 Å². The number of nitrogens with zero attached hydrogens (tertiary/aromatic N) is 2. The molecule has 0 bridgehead atoms. The summed E-state index contributed by atoms with van der Waals surface area (Å²) in [6, 6.07) is 7.32. The zero-order chi connectivity index (χ0) is 15.9. The molecule has 0 unspecified atom stereocenters. The Morgan fingerprint density at radius 1 is 1.19 bits per heavy atom. The van der Waals surface area contributed by atoms with Crippen molar-refractivity contribution in [1.82, 2.24) is 9.62 Å². The van der Waals surface area contributed by atoms with Gasteiger partial charge in [0.05, 0.1) is 5.69 Å². The maximum absolute atomic E-state index is 12.2. The zero-order valence-corrected chi connectivity index (χ0v) is 14.1. The van der Waals surface area contributed by atoms with Crippen molar-refractivity contribution in [2.45, 2.75) is 13.3 Å². The van der Waals surface area contributed by atoms with Crippen LogP contribution >= 0.6 is 0 Å². The van der Waals surface area contributed by atoms with E-state index < -0.39 is 10.2 Å². The standard InChI is InChI=1S/C14H26N4O2S/c1-5-15-10-7-11-18(4)21(19,20)16-13-8-6-9-14(12-13)17(2)3/h6,8-9,12,15-16H,5,7,10-11H2,1-4H3. The largest absolute Gasteiger partial charge is 0.378 e. The Balaban J connectivity index is 2.64. The maximum Gasteiger partial charge on any atom is 0.301 e. The van der Waals surface area contributed by atoms with Crippen LogP contribution in [0.25, 0.3) is 0 Å². The highest BCUT2D eigenvalue weighted by atomic mass is 32.2. The highest BCUT2D eigenvalue weighted by molar-refractivity contribution is 7.90. The van der Waals surface area contributed by atoms with Gasteiger partial charge in [-0.1, -0.05) is 13.0 Å². The summed E-state index contributed by atoms with van der Waals surface area (Å²) in [5.41, 5.74) is 1.52. The third kappa shape index (κ3) is 5.91. The summed E-state index contributed by atoms with van der Waals surface area (Å²) in [6.45, 7) is 4.22. The van der Waals surface area contributed by atoms with Crippen LogP contribution in [0.4, 0.5) is 11.4 Å². The van der Waals surface area contributed by atoms with Gasteiger partial charge in [0, 0.05) is 33.4 Å². The normalized spacial score (nSPS) is 11.7. The van der Waals surface area contributed by atoms with Crippen LogP contribution in [0.15, 0.2) is 24.3 Å². The smallest absolute Gasteiger partial charge is 0.301 e. The first-order valence-electron chi connectivity index (χ1n) is 7.09. The maximum atomic E-state index is 12.2. The Hall–Kier alpha value is -1.31. The summed E-state index contributed by atoms with van der Waals surface area (Å²) in [5, 5.41) is 3.18. The predicted molar refractivity (Wildman–Crippen MR) is 89.1 cm³/mol. The Morgan fingerprint density at radius 2 is 1.90 bits per heavy atom. The molecule has 1 rings (SSSR count). The Bertz CT molecular complexity index is 532. The van der Waals surface area contributed by atoms with E-state index in [-0.39, 0.29) is 0 Å². The van der Waals surface area contributed by atoms with Crippen LogP contribution in [0, 0.1) is 0 Å². The van der Waals surface area contributed by atoms with Crippen molar-refractivity contribution in [3.8, 4) is 0 Å². The van der Waals surface area contributed by atoms with Crippen LogP contribution in [0.3, 0.4) is 0 Å². The molecule has 0 radical (unpaired) electrons. The fourth-order valence-electron chi connectivity index (χ4n) is 1.80. The first-order valence-corrected chi connectivity index (χ1v) is 8.53. The highest BCUT2D eigenvalue weighted by Crippen LogP contribution is 2.18. The van der Waals surface area contributed by atoms with E-state index in [9.17, 15) is 8.42 Å². The first-order chi connectivity index (χ1) is 9.86. The first kappa shape index (κ1) is 17.7. The second-order valence-electron chi connectivity index (χ2n) is 5.08. The van der Waals surface area contributed by atoms with Crippen LogP contribution in [0.1, 0.15) is 13.3 Å². The number of anilines is 2. The third-order valence-corrected chi connectivity index (χ3v) is 4.59. The Morgan fingerprint density at radius 3 is 2.52 bits per heavy atom. The van der Waals surface area contributed by atoms with E-state index in [1.165, 1.54) is 4.31 Å². The summed E-state index contributed by atoms with van der Waals surface area (Å²) in [5.74, 6) is 0. The van der Waals surface area contributed by atoms with Crippen LogP contribution in [-0.2, 0) is 10.2 Å². The Kier molecular flexibility index (Phi) is 6.94. The Labute approximate surface area is 128 Å². The lowest BCUT2D eigenvalue weighted by molar-refractivity contribution is 0.459. The van der Waals surface area contributed by atoms with Gasteiger partial charge in [-0.05, 0) is 37.7 Å². The molecule has 0 spiro atoms. The molecule has 0 heterocycles. The highest BCUT2D eigenvalue weighted by Gasteiger charge is 2.17. The molecule has 0 aliphatic rings. The fraction of sp³-hybridized carbons (Fsp3) is 0.571. The van der Waals surface area contributed by atoms with E-state index >= 15 is 0 Å². The van der Waals surface area contributed by atoms with Gasteiger partial charge in [0.2, 0.25) is 0 Å². The molecule has 0 saturated heterocycles. The van der Waals surface area contributed by atoms with E-state index in [0.29, 0.717) is 12.2 Å². The van der Waals surface area contributed by atoms with Crippen molar-refractivity contribution in [3.05, 3.63) is 24.3 Å². The average Bonchev–Trinajstić information content (AvgIpc) is 2.43. The molecule has 0 fully saturated rings. The summed E-state index contributed by atoms with van der Waals surface area (Å²) >= 11 is 0. The summed E-state index contributed by atoms with van der Waals surface area (Å²) in [7, 11) is 1.92. The van der Waals surface area contributed by atoms with Gasteiger partial charge in [-0.3, -0.25) is 4.72 Å². The van der Waals surface area contributed by atoms with Gasteiger partial charge < -0.3 is 10.2 Å². The molecular weight excluding hydrogens is 288 g/mol. The predicted octanol–water partition coefficient (Wildman–Crippen LogP) is 1.34. The topological polar surface area (TPSA) is 64.7 Å². The molecule has 0 aliphatic heterocycles. The number of hydrogen-bond acceptors (Lipinski definition) is 4. The van der Waals surface area contributed by atoms with Gasteiger partial charge in [0.1, 0.15) is 0 Å². The lowest BCUT2D eigenvalue weighted by Crippen LogP contribution is -2.34. The third-order valence-electron chi connectivity index (χ3n) is 3.10. The quantitative estimate of drug-likeness (QED) is 0.675. The summed E-state index contributed by atoms with van der Waals surface area (Å²) < 4.78 is 28.4. The molecule has 120 valence electrons. The van der Waals surface area contributed by atoms with E-state index in [1.807, 2.05) is 44.1 Å². The van der Waals surface area contributed by atoms with Gasteiger partial charge in [-0.15, -0.1) is 0 Å². The molecule has 1 aromatic rings. The lowest BCUT2D eigenvalue weighted by atomic mass is 10.3. The average molecular weight is 314 g/mol. The van der Waals surface area contributed by atoms with E-state index in [2.05, 4.69) is 10.0 Å². The van der Waals surface area contributed by atoms with Gasteiger partial charge >= 0.3 is 10.2 Å². The molecule has 0 atom stereocenters. The number of nitrogens with one attached hydrogen (secondary N) is 2. The van der Waals surface area contributed by atoms with Crippen LogP contribution in [0.5, 0.6) is 0 Å². The van der Waals surface area contributed by atoms with E-state index in [4.69, 9.17) is 0 Å². The van der Waals surface area contributed by atoms with Crippen molar-refractivity contribution < 1.29 is 8.42 Å². The van der Waals surface area contributed by atoms with E-state index in [1.54, 1.807) is 13.1 Å². The molecule has 1 aromatic carbocycles. The molecule has 6 nitrogen and oxygen atoms in total. The van der Waals surface area contributed by atoms with Gasteiger partial charge in [-0.2, -0.15) is 12.7 Å². The molecule has 0 amide bonds. The van der Waals surface area contributed by atoms with Crippen molar-refractivity contribution in [2.75, 3.05) is 50.4 Å². The molecule has 7 heteroatoms. The molecule has 21 heavy (non-hydrogen) atoms.